The highest BCUT2D eigenvalue weighted by Crippen LogP contribution is 2.38. The summed E-state index contributed by atoms with van der Waals surface area (Å²) in [6.45, 7) is 6.18. The number of hydrogen-bond donors (Lipinski definition) is 3. The van der Waals surface area contributed by atoms with E-state index < -0.39 is 8.32 Å². The third-order valence-electron chi connectivity index (χ3n) is 7.66. The van der Waals surface area contributed by atoms with Gasteiger partial charge in [0.25, 0.3) is 0 Å². The van der Waals surface area contributed by atoms with Crippen molar-refractivity contribution in [3.63, 3.8) is 0 Å². The van der Waals surface area contributed by atoms with E-state index in [0.29, 0.717) is 11.8 Å². The average molecular weight is 438 g/mol. The number of amides is 2. The third kappa shape index (κ3) is 6.79. The van der Waals surface area contributed by atoms with Crippen molar-refractivity contribution in [2.45, 2.75) is 89.4 Å². The van der Waals surface area contributed by atoms with Gasteiger partial charge in [0.05, 0.1) is 0 Å². The van der Waals surface area contributed by atoms with Crippen LogP contribution in [0.2, 0.25) is 19.1 Å². The van der Waals surface area contributed by atoms with E-state index in [-0.39, 0.29) is 23.9 Å². The summed E-state index contributed by atoms with van der Waals surface area (Å²) in [7, 11) is -2.39. The minimum Gasteiger partial charge on any atom is -0.432 e. The van der Waals surface area contributed by atoms with Gasteiger partial charge >= 0.3 is 0 Å². The maximum atomic E-state index is 13.2. The summed E-state index contributed by atoms with van der Waals surface area (Å²) in [6.07, 6.45) is 11.1. The van der Waals surface area contributed by atoms with Crippen LogP contribution < -0.4 is 11.1 Å². The Labute approximate surface area is 183 Å². The zero-order valence-electron chi connectivity index (χ0n) is 19.1. The first-order valence-corrected chi connectivity index (χ1v) is 15.4. The molecule has 30 heavy (non-hydrogen) atoms. The van der Waals surface area contributed by atoms with Crippen molar-refractivity contribution >= 4 is 20.1 Å². The van der Waals surface area contributed by atoms with E-state index in [2.05, 4.69) is 10.2 Å². The van der Waals surface area contributed by atoms with E-state index in [1.165, 1.54) is 25.7 Å². The molecule has 2 aliphatic carbocycles. The monoisotopic (exact) mass is 437 g/mol. The number of carbonyl (C=O) groups excluding carboxylic acids is 2. The second kappa shape index (κ2) is 10.6. The van der Waals surface area contributed by atoms with Gasteiger partial charge in [-0.15, -0.1) is 0 Å². The van der Waals surface area contributed by atoms with Crippen LogP contribution in [0.4, 0.5) is 0 Å². The van der Waals surface area contributed by atoms with Gasteiger partial charge in [0.1, 0.15) is 0 Å². The first-order chi connectivity index (χ1) is 14.2. The lowest BCUT2D eigenvalue weighted by molar-refractivity contribution is -0.139. The van der Waals surface area contributed by atoms with Crippen LogP contribution in [-0.4, -0.2) is 55.5 Å². The molecule has 4 unspecified atom stereocenters. The van der Waals surface area contributed by atoms with Crippen molar-refractivity contribution in [2.24, 2.45) is 29.4 Å². The molecule has 4 atom stereocenters. The van der Waals surface area contributed by atoms with Crippen LogP contribution in [0.25, 0.3) is 0 Å². The molecule has 4 N–H and O–H groups in total. The molecule has 1 aliphatic heterocycles. The molecular weight excluding hydrogens is 394 g/mol. The van der Waals surface area contributed by atoms with Gasteiger partial charge in [-0.05, 0) is 82.3 Å². The van der Waals surface area contributed by atoms with Crippen molar-refractivity contribution in [1.82, 2.24) is 10.2 Å². The topological polar surface area (TPSA) is 95.7 Å². The molecule has 0 radical (unpaired) electrons. The molecule has 1 heterocycles. The second-order valence-electron chi connectivity index (χ2n) is 10.8. The highest BCUT2D eigenvalue weighted by Gasteiger charge is 2.35. The summed E-state index contributed by atoms with van der Waals surface area (Å²) >= 11 is 0. The van der Waals surface area contributed by atoms with Crippen LogP contribution in [0.5, 0.6) is 0 Å². The molecule has 3 aliphatic rings. The molecule has 6 nitrogen and oxygen atoms in total. The fraction of sp³-hybridized carbons (Fsp3) is 0.913. The Balaban J connectivity index is 1.44. The van der Waals surface area contributed by atoms with E-state index >= 15 is 0 Å². The van der Waals surface area contributed by atoms with Crippen molar-refractivity contribution in [2.75, 3.05) is 19.6 Å². The van der Waals surface area contributed by atoms with Gasteiger partial charge in [-0.2, -0.15) is 0 Å². The molecule has 1 saturated heterocycles. The van der Waals surface area contributed by atoms with Gasteiger partial charge in [0, 0.05) is 31.1 Å². The maximum Gasteiger partial charge on any atom is 0.225 e. The van der Waals surface area contributed by atoms with Gasteiger partial charge in [-0.25, -0.2) is 0 Å². The van der Waals surface area contributed by atoms with Crippen LogP contribution in [0.1, 0.15) is 64.2 Å². The van der Waals surface area contributed by atoms with Gasteiger partial charge in [-0.1, -0.05) is 19.3 Å². The van der Waals surface area contributed by atoms with E-state index in [0.717, 1.165) is 70.0 Å². The van der Waals surface area contributed by atoms with Crippen LogP contribution in [0.15, 0.2) is 0 Å². The largest absolute Gasteiger partial charge is 0.432 e. The molecule has 0 spiro atoms. The molecule has 2 amide bonds. The number of carbonyl (C=O) groups is 2. The van der Waals surface area contributed by atoms with E-state index in [4.69, 9.17) is 5.73 Å². The molecule has 0 aromatic carbocycles. The van der Waals surface area contributed by atoms with Gasteiger partial charge in [-0.3, -0.25) is 9.59 Å². The molecule has 0 aromatic heterocycles. The number of piperidine rings is 1. The first kappa shape index (κ1) is 23.7. The Kier molecular flexibility index (Phi) is 8.38. The van der Waals surface area contributed by atoms with Crippen molar-refractivity contribution < 1.29 is 14.4 Å². The number of rotatable bonds is 6. The van der Waals surface area contributed by atoms with E-state index in [1.807, 2.05) is 0 Å². The van der Waals surface area contributed by atoms with Crippen molar-refractivity contribution in [1.29, 1.82) is 0 Å². The predicted molar refractivity (Wildman–Crippen MR) is 122 cm³/mol. The zero-order chi connectivity index (χ0) is 21.7. The third-order valence-corrected chi connectivity index (χ3v) is 8.84. The summed E-state index contributed by atoms with van der Waals surface area (Å²) in [5.74, 6) is 2.54. The molecular formula is C23H43N3O3Si. The van der Waals surface area contributed by atoms with Crippen LogP contribution in [0, 0.1) is 23.7 Å². The SMILES string of the molecule is C[Si](C)(O)CC(=O)NC1CCCC(C(=O)N2CCC(C3CCCC(CN)C3)CC2)C1. The maximum absolute atomic E-state index is 13.2. The summed E-state index contributed by atoms with van der Waals surface area (Å²) in [5.41, 5.74) is 5.92. The van der Waals surface area contributed by atoms with Crippen LogP contribution in [0.3, 0.4) is 0 Å². The molecule has 0 bridgehead atoms. The summed E-state index contributed by atoms with van der Waals surface area (Å²) < 4.78 is 0. The van der Waals surface area contributed by atoms with Gasteiger partial charge in [0.2, 0.25) is 11.8 Å². The lowest BCUT2D eigenvalue weighted by atomic mass is 9.72. The number of nitrogens with zero attached hydrogens (tertiary/aromatic N) is 1. The van der Waals surface area contributed by atoms with Gasteiger partial charge in [0.15, 0.2) is 8.32 Å². The fourth-order valence-electron chi connectivity index (χ4n) is 6.04. The van der Waals surface area contributed by atoms with E-state index in [1.54, 1.807) is 13.1 Å². The quantitative estimate of drug-likeness (QED) is 0.557. The Morgan fingerprint density at radius 3 is 2.37 bits per heavy atom. The highest BCUT2D eigenvalue weighted by atomic mass is 28.4. The molecule has 7 heteroatoms. The van der Waals surface area contributed by atoms with Crippen LogP contribution in [-0.2, 0) is 9.59 Å². The van der Waals surface area contributed by atoms with Gasteiger partial charge < -0.3 is 20.7 Å². The normalized spacial score (nSPS) is 31.4. The lowest BCUT2D eigenvalue weighted by Crippen LogP contribution is -2.47. The molecule has 172 valence electrons. The Morgan fingerprint density at radius 1 is 1.00 bits per heavy atom. The Bertz CT molecular complexity index is 587. The minimum atomic E-state index is -2.39. The molecule has 3 rings (SSSR count). The number of nitrogens with one attached hydrogen (secondary N) is 1. The van der Waals surface area contributed by atoms with Crippen molar-refractivity contribution in [3.8, 4) is 0 Å². The number of likely N-dealkylation sites (tertiary alicyclic amines) is 1. The van der Waals surface area contributed by atoms with E-state index in [9.17, 15) is 14.4 Å². The first-order valence-electron chi connectivity index (χ1n) is 12.3. The average Bonchev–Trinajstić information content (AvgIpc) is 2.72. The Hall–Kier alpha value is -0.923. The second-order valence-corrected chi connectivity index (χ2v) is 14.8. The predicted octanol–water partition coefficient (Wildman–Crippen LogP) is 2.86. The minimum absolute atomic E-state index is 0.0382. The number of hydrogen-bond acceptors (Lipinski definition) is 4. The summed E-state index contributed by atoms with van der Waals surface area (Å²) in [6, 6.07) is 0.312. The molecule has 0 aromatic rings. The zero-order valence-corrected chi connectivity index (χ0v) is 20.1. The Morgan fingerprint density at radius 2 is 1.70 bits per heavy atom. The van der Waals surface area contributed by atoms with Crippen LogP contribution >= 0.6 is 0 Å². The standard InChI is InChI=1S/C23H43N3O3Si/c1-30(2,29)16-22(27)25-21-8-4-7-20(14-21)23(28)26-11-9-18(10-12-26)19-6-3-5-17(13-19)15-24/h17-21,29H,3-16,24H2,1-2H3,(H,25,27). The summed E-state index contributed by atoms with van der Waals surface area (Å²) in [5, 5.41) is 3.08. The molecule has 3 fully saturated rings. The highest BCUT2D eigenvalue weighted by molar-refractivity contribution is 6.72. The van der Waals surface area contributed by atoms with Crippen molar-refractivity contribution in [3.05, 3.63) is 0 Å². The smallest absolute Gasteiger partial charge is 0.225 e. The lowest BCUT2D eigenvalue weighted by Gasteiger charge is -2.41. The number of nitrogens with two attached hydrogens (primary N) is 1. The fourth-order valence-corrected chi connectivity index (χ4v) is 6.93. The molecule has 2 saturated carbocycles. The summed E-state index contributed by atoms with van der Waals surface area (Å²) in [4.78, 5) is 37.4.